The van der Waals surface area contributed by atoms with Crippen LogP contribution in [0.25, 0.3) is 0 Å². The SMILES string of the molecule is CSCCCN1CCC[C@@H](N2CCN(Cc3ccc4c(c3)OCO4)CC2)C1. The summed E-state index contributed by atoms with van der Waals surface area (Å²) in [5.74, 6) is 3.07. The van der Waals surface area contributed by atoms with Gasteiger partial charge in [-0.2, -0.15) is 11.8 Å². The number of piperidine rings is 1. The zero-order chi connectivity index (χ0) is 18.5. The number of hydrogen-bond donors (Lipinski definition) is 0. The molecule has 0 N–H and O–H groups in total. The topological polar surface area (TPSA) is 28.2 Å². The molecule has 1 aromatic carbocycles. The van der Waals surface area contributed by atoms with Crippen molar-refractivity contribution in [2.24, 2.45) is 0 Å². The van der Waals surface area contributed by atoms with Gasteiger partial charge >= 0.3 is 0 Å². The molecule has 2 fully saturated rings. The number of benzene rings is 1. The zero-order valence-corrected chi connectivity index (χ0v) is 17.4. The minimum Gasteiger partial charge on any atom is -0.454 e. The standard InChI is InChI=1S/C21H33N3O2S/c1-27-13-3-8-22-7-2-4-19(16-22)24-11-9-23(10-12-24)15-18-5-6-20-21(14-18)26-17-25-20/h5-6,14,19H,2-4,7-13,15-17H2,1H3/t19-/m1/s1. The van der Waals surface area contributed by atoms with Gasteiger partial charge in [-0.1, -0.05) is 6.07 Å². The van der Waals surface area contributed by atoms with Crippen molar-refractivity contribution in [3.63, 3.8) is 0 Å². The Labute approximate surface area is 168 Å². The molecule has 0 aromatic heterocycles. The van der Waals surface area contributed by atoms with Gasteiger partial charge in [0.15, 0.2) is 11.5 Å². The number of ether oxygens (including phenoxy) is 2. The molecule has 6 heteroatoms. The van der Waals surface area contributed by atoms with Gasteiger partial charge in [0.25, 0.3) is 0 Å². The molecular formula is C21H33N3O2S. The van der Waals surface area contributed by atoms with Crippen LogP contribution >= 0.6 is 11.8 Å². The van der Waals surface area contributed by atoms with E-state index in [9.17, 15) is 0 Å². The van der Waals surface area contributed by atoms with Crippen LogP contribution in [0.5, 0.6) is 11.5 Å². The highest BCUT2D eigenvalue weighted by Gasteiger charge is 2.28. The summed E-state index contributed by atoms with van der Waals surface area (Å²) in [6.45, 7) is 9.95. The number of thioether (sulfide) groups is 1. The lowest BCUT2D eigenvalue weighted by Gasteiger charge is -2.43. The molecule has 0 radical (unpaired) electrons. The van der Waals surface area contributed by atoms with E-state index in [0.717, 1.165) is 37.2 Å². The van der Waals surface area contributed by atoms with Gasteiger partial charge in [-0.05, 0) is 62.1 Å². The lowest BCUT2D eigenvalue weighted by Crippen LogP contribution is -2.54. The summed E-state index contributed by atoms with van der Waals surface area (Å²) in [6, 6.07) is 7.12. The first kappa shape index (κ1) is 19.4. The van der Waals surface area contributed by atoms with Crippen LogP contribution in [0.3, 0.4) is 0 Å². The van der Waals surface area contributed by atoms with E-state index in [1.807, 2.05) is 17.8 Å². The van der Waals surface area contributed by atoms with Gasteiger partial charge in [-0.15, -0.1) is 0 Å². The van der Waals surface area contributed by atoms with E-state index >= 15 is 0 Å². The Balaban J connectivity index is 1.23. The summed E-state index contributed by atoms with van der Waals surface area (Å²) in [5, 5.41) is 0. The van der Waals surface area contributed by atoms with Gasteiger partial charge in [0.2, 0.25) is 6.79 Å². The van der Waals surface area contributed by atoms with Crippen LogP contribution in [0.4, 0.5) is 0 Å². The van der Waals surface area contributed by atoms with Crippen LogP contribution in [-0.4, -0.2) is 85.4 Å². The molecule has 1 aromatic rings. The third kappa shape index (κ3) is 5.11. The number of likely N-dealkylation sites (tertiary alicyclic amines) is 1. The summed E-state index contributed by atoms with van der Waals surface area (Å²) in [7, 11) is 0. The highest BCUT2D eigenvalue weighted by atomic mass is 32.2. The van der Waals surface area contributed by atoms with Crippen molar-refractivity contribution < 1.29 is 9.47 Å². The summed E-state index contributed by atoms with van der Waals surface area (Å²) < 4.78 is 10.9. The highest BCUT2D eigenvalue weighted by Crippen LogP contribution is 2.33. The average molecular weight is 392 g/mol. The molecule has 0 unspecified atom stereocenters. The van der Waals surface area contributed by atoms with Crippen molar-refractivity contribution in [2.45, 2.75) is 31.8 Å². The van der Waals surface area contributed by atoms with E-state index in [1.165, 1.54) is 63.3 Å². The van der Waals surface area contributed by atoms with Crippen LogP contribution in [0, 0.1) is 0 Å². The predicted molar refractivity (Wildman–Crippen MR) is 112 cm³/mol. The Hall–Kier alpha value is -0.950. The first-order chi connectivity index (χ1) is 13.3. The molecule has 5 nitrogen and oxygen atoms in total. The molecule has 0 bridgehead atoms. The molecule has 4 rings (SSSR count). The number of piperazine rings is 1. The maximum Gasteiger partial charge on any atom is 0.231 e. The van der Waals surface area contributed by atoms with Crippen molar-refractivity contribution in [3.8, 4) is 11.5 Å². The van der Waals surface area contributed by atoms with Crippen LogP contribution in [0.2, 0.25) is 0 Å². The molecule has 3 heterocycles. The predicted octanol–water partition coefficient (Wildman–Crippen LogP) is 2.75. The first-order valence-corrected chi connectivity index (χ1v) is 11.8. The lowest BCUT2D eigenvalue weighted by molar-refractivity contribution is 0.0500. The largest absolute Gasteiger partial charge is 0.454 e. The van der Waals surface area contributed by atoms with E-state index in [4.69, 9.17) is 9.47 Å². The zero-order valence-electron chi connectivity index (χ0n) is 16.6. The number of rotatable bonds is 7. The fourth-order valence-corrected chi connectivity index (χ4v) is 4.97. The Kier molecular flexibility index (Phi) is 6.82. The third-order valence-electron chi connectivity index (χ3n) is 6.07. The Bertz CT molecular complexity index is 607. The minimum absolute atomic E-state index is 0.354. The quantitative estimate of drug-likeness (QED) is 0.664. The average Bonchev–Trinajstić information content (AvgIpc) is 3.17. The normalized spacial score (nSPS) is 24.4. The van der Waals surface area contributed by atoms with E-state index in [0.29, 0.717) is 6.79 Å². The maximum absolute atomic E-state index is 5.51. The van der Waals surface area contributed by atoms with Crippen molar-refractivity contribution in [1.29, 1.82) is 0 Å². The van der Waals surface area contributed by atoms with E-state index in [-0.39, 0.29) is 0 Å². The van der Waals surface area contributed by atoms with Gasteiger partial charge in [0.05, 0.1) is 0 Å². The molecule has 0 aliphatic carbocycles. The monoisotopic (exact) mass is 391 g/mol. The van der Waals surface area contributed by atoms with Gasteiger partial charge in [0, 0.05) is 45.3 Å². The van der Waals surface area contributed by atoms with E-state index < -0.39 is 0 Å². The van der Waals surface area contributed by atoms with Crippen molar-refractivity contribution in [3.05, 3.63) is 23.8 Å². The van der Waals surface area contributed by atoms with Gasteiger partial charge in [-0.3, -0.25) is 9.80 Å². The first-order valence-electron chi connectivity index (χ1n) is 10.4. The van der Waals surface area contributed by atoms with E-state index in [1.54, 1.807) is 0 Å². The molecule has 3 aliphatic heterocycles. The van der Waals surface area contributed by atoms with Crippen molar-refractivity contribution in [2.75, 3.05) is 64.6 Å². The molecule has 2 saturated heterocycles. The Morgan fingerprint density at radius 1 is 1.04 bits per heavy atom. The molecule has 3 aliphatic rings. The molecule has 0 spiro atoms. The highest BCUT2D eigenvalue weighted by molar-refractivity contribution is 7.98. The Morgan fingerprint density at radius 2 is 1.89 bits per heavy atom. The smallest absolute Gasteiger partial charge is 0.231 e. The molecular weight excluding hydrogens is 358 g/mol. The van der Waals surface area contributed by atoms with Crippen LogP contribution in [0.1, 0.15) is 24.8 Å². The van der Waals surface area contributed by atoms with Crippen molar-refractivity contribution >= 4 is 11.8 Å². The number of nitrogens with zero attached hydrogens (tertiary/aromatic N) is 3. The second-order valence-electron chi connectivity index (χ2n) is 7.94. The molecule has 150 valence electrons. The fourth-order valence-electron chi connectivity index (χ4n) is 4.55. The van der Waals surface area contributed by atoms with Crippen LogP contribution in [-0.2, 0) is 6.54 Å². The van der Waals surface area contributed by atoms with Gasteiger partial charge in [0.1, 0.15) is 0 Å². The number of hydrogen-bond acceptors (Lipinski definition) is 6. The summed E-state index contributed by atoms with van der Waals surface area (Å²) in [4.78, 5) is 8.02. The van der Waals surface area contributed by atoms with E-state index in [2.05, 4.69) is 33.1 Å². The van der Waals surface area contributed by atoms with Gasteiger partial charge in [-0.25, -0.2) is 0 Å². The van der Waals surface area contributed by atoms with Crippen molar-refractivity contribution in [1.82, 2.24) is 14.7 Å². The second kappa shape index (κ2) is 9.50. The fraction of sp³-hybridized carbons (Fsp3) is 0.714. The summed E-state index contributed by atoms with van der Waals surface area (Å²) in [5.41, 5.74) is 1.32. The minimum atomic E-state index is 0.354. The maximum atomic E-state index is 5.51. The number of fused-ring (bicyclic) bond motifs is 1. The summed E-state index contributed by atoms with van der Waals surface area (Å²) >= 11 is 1.97. The lowest BCUT2D eigenvalue weighted by atomic mass is 10.0. The molecule has 0 amide bonds. The second-order valence-corrected chi connectivity index (χ2v) is 8.93. The van der Waals surface area contributed by atoms with Crippen LogP contribution < -0.4 is 9.47 Å². The Morgan fingerprint density at radius 3 is 2.74 bits per heavy atom. The molecule has 27 heavy (non-hydrogen) atoms. The van der Waals surface area contributed by atoms with Crippen LogP contribution in [0.15, 0.2) is 18.2 Å². The molecule has 0 saturated carbocycles. The molecule has 1 atom stereocenters. The summed E-state index contributed by atoms with van der Waals surface area (Å²) in [6.07, 6.45) is 6.28. The van der Waals surface area contributed by atoms with Gasteiger partial charge < -0.3 is 14.4 Å². The third-order valence-corrected chi connectivity index (χ3v) is 6.77.